The average Bonchev–Trinajstić information content (AvgIpc) is 3.12. The Labute approximate surface area is 194 Å². The van der Waals surface area contributed by atoms with Crippen molar-refractivity contribution in [3.05, 3.63) is 76.1 Å². The van der Waals surface area contributed by atoms with E-state index in [0.717, 1.165) is 50.7 Å². The number of benzene rings is 2. The zero-order valence-corrected chi connectivity index (χ0v) is 20.1. The van der Waals surface area contributed by atoms with Gasteiger partial charge in [-0.05, 0) is 99.7 Å². The number of hydrogen-bond acceptors (Lipinski definition) is 4. The standard InChI is InChI=1S/C27H30N4O2/c1-16-7-10-22(15-17(16)2)31-27-26(20(5)30-31)18(3)24(19(4)28-27)13-14-25(32)29-21-8-11-23(33-6)12-9-21/h7-12,15H,13-14H2,1-6H3,(H,29,32). The van der Waals surface area contributed by atoms with Gasteiger partial charge in [-0.1, -0.05) is 6.07 Å². The summed E-state index contributed by atoms with van der Waals surface area (Å²) in [5.74, 6) is 0.733. The maximum Gasteiger partial charge on any atom is 0.224 e. The highest BCUT2D eigenvalue weighted by Gasteiger charge is 2.18. The minimum Gasteiger partial charge on any atom is -0.497 e. The Morgan fingerprint density at radius 2 is 1.70 bits per heavy atom. The first-order chi connectivity index (χ1) is 15.8. The molecule has 4 rings (SSSR count). The zero-order valence-electron chi connectivity index (χ0n) is 20.1. The van der Waals surface area contributed by atoms with E-state index < -0.39 is 0 Å². The van der Waals surface area contributed by atoms with Crippen molar-refractivity contribution in [2.24, 2.45) is 0 Å². The summed E-state index contributed by atoms with van der Waals surface area (Å²) < 4.78 is 7.09. The molecule has 0 bridgehead atoms. The van der Waals surface area contributed by atoms with Gasteiger partial charge in [-0.15, -0.1) is 0 Å². The molecular weight excluding hydrogens is 412 g/mol. The quantitative estimate of drug-likeness (QED) is 0.425. The van der Waals surface area contributed by atoms with Crippen LogP contribution in [0.25, 0.3) is 16.7 Å². The molecule has 0 atom stereocenters. The van der Waals surface area contributed by atoms with Crippen LogP contribution in [0, 0.1) is 34.6 Å². The van der Waals surface area contributed by atoms with Gasteiger partial charge in [0.15, 0.2) is 5.65 Å². The Balaban J connectivity index is 1.59. The summed E-state index contributed by atoms with van der Waals surface area (Å²) in [4.78, 5) is 17.5. The molecule has 1 N–H and O–H groups in total. The molecule has 6 nitrogen and oxygen atoms in total. The predicted octanol–water partition coefficient (Wildman–Crippen LogP) is 5.54. The smallest absolute Gasteiger partial charge is 0.224 e. The van der Waals surface area contributed by atoms with E-state index in [-0.39, 0.29) is 5.91 Å². The number of aromatic nitrogens is 3. The lowest BCUT2D eigenvalue weighted by Crippen LogP contribution is -2.13. The second-order valence-corrected chi connectivity index (χ2v) is 8.54. The van der Waals surface area contributed by atoms with E-state index in [1.807, 2.05) is 42.8 Å². The zero-order chi connectivity index (χ0) is 23.7. The minimum absolute atomic E-state index is 0.0263. The fourth-order valence-electron chi connectivity index (χ4n) is 4.25. The molecule has 170 valence electrons. The van der Waals surface area contributed by atoms with E-state index in [4.69, 9.17) is 14.8 Å². The van der Waals surface area contributed by atoms with Crippen molar-refractivity contribution in [2.75, 3.05) is 12.4 Å². The number of amides is 1. The van der Waals surface area contributed by atoms with Crippen molar-refractivity contribution < 1.29 is 9.53 Å². The maximum atomic E-state index is 12.6. The predicted molar refractivity (Wildman–Crippen MR) is 132 cm³/mol. The largest absolute Gasteiger partial charge is 0.497 e. The summed E-state index contributed by atoms with van der Waals surface area (Å²) in [5, 5.41) is 8.82. The molecule has 2 heterocycles. The highest BCUT2D eigenvalue weighted by molar-refractivity contribution is 5.91. The molecule has 0 saturated carbocycles. The average molecular weight is 443 g/mol. The molecule has 4 aromatic rings. The first-order valence-electron chi connectivity index (χ1n) is 11.2. The molecule has 6 heteroatoms. The van der Waals surface area contributed by atoms with E-state index in [2.05, 4.69) is 44.3 Å². The number of ether oxygens (including phenoxy) is 1. The summed E-state index contributed by atoms with van der Waals surface area (Å²) >= 11 is 0. The summed E-state index contributed by atoms with van der Waals surface area (Å²) in [6, 6.07) is 13.7. The fourth-order valence-corrected chi connectivity index (χ4v) is 4.25. The Bertz CT molecular complexity index is 1340. The van der Waals surface area contributed by atoms with Gasteiger partial charge in [-0.2, -0.15) is 5.10 Å². The third kappa shape index (κ3) is 4.46. The lowest BCUT2D eigenvalue weighted by atomic mass is 9.99. The topological polar surface area (TPSA) is 69.0 Å². The molecule has 2 aromatic heterocycles. The van der Waals surface area contributed by atoms with Crippen molar-refractivity contribution >= 4 is 22.6 Å². The van der Waals surface area contributed by atoms with Crippen molar-refractivity contribution in [2.45, 2.75) is 47.5 Å². The van der Waals surface area contributed by atoms with Crippen LogP contribution in [0.15, 0.2) is 42.5 Å². The Morgan fingerprint density at radius 1 is 0.970 bits per heavy atom. The van der Waals surface area contributed by atoms with Crippen LogP contribution in [0.5, 0.6) is 5.75 Å². The molecule has 2 aromatic carbocycles. The van der Waals surface area contributed by atoms with Gasteiger partial charge in [-0.25, -0.2) is 9.67 Å². The number of aryl methyl sites for hydroxylation is 5. The number of nitrogens with one attached hydrogen (secondary N) is 1. The van der Waals surface area contributed by atoms with Crippen LogP contribution in [0.3, 0.4) is 0 Å². The van der Waals surface area contributed by atoms with Crippen molar-refractivity contribution in [1.29, 1.82) is 0 Å². The van der Waals surface area contributed by atoms with E-state index in [1.54, 1.807) is 7.11 Å². The molecule has 0 aliphatic carbocycles. The number of anilines is 1. The van der Waals surface area contributed by atoms with E-state index in [1.165, 1.54) is 11.1 Å². The number of fused-ring (bicyclic) bond motifs is 1. The van der Waals surface area contributed by atoms with Crippen LogP contribution >= 0.6 is 0 Å². The maximum absolute atomic E-state index is 12.6. The number of nitrogens with zero attached hydrogens (tertiary/aromatic N) is 3. The van der Waals surface area contributed by atoms with Crippen molar-refractivity contribution in [1.82, 2.24) is 14.8 Å². The van der Waals surface area contributed by atoms with E-state index in [9.17, 15) is 4.79 Å². The second-order valence-electron chi connectivity index (χ2n) is 8.54. The minimum atomic E-state index is -0.0263. The molecule has 0 fully saturated rings. The van der Waals surface area contributed by atoms with Crippen LogP contribution in [-0.4, -0.2) is 27.8 Å². The number of methoxy groups -OCH3 is 1. The molecular formula is C27H30N4O2. The Hall–Kier alpha value is -3.67. The fraction of sp³-hybridized carbons (Fsp3) is 0.296. The van der Waals surface area contributed by atoms with Crippen LogP contribution in [0.1, 0.15) is 40.1 Å². The molecule has 0 unspecified atom stereocenters. The van der Waals surface area contributed by atoms with Gasteiger partial charge in [0, 0.05) is 23.2 Å². The summed E-state index contributed by atoms with van der Waals surface area (Å²) in [6.45, 7) is 10.3. The number of carbonyl (C=O) groups excluding carboxylic acids is 1. The molecule has 33 heavy (non-hydrogen) atoms. The third-order valence-electron chi connectivity index (χ3n) is 6.28. The van der Waals surface area contributed by atoms with Crippen LogP contribution in [-0.2, 0) is 11.2 Å². The first-order valence-corrected chi connectivity index (χ1v) is 11.2. The Morgan fingerprint density at radius 3 is 2.36 bits per heavy atom. The van der Waals surface area contributed by atoms with Crippen LogP contribution in [0.2, 0.25) is 0 Å². The van der Waals surface area contributed by atoms with Crippen LogP contribution < -0.4 is 10.1 Å². The van der Waals surface area contributed by atoms with E-state index >= 15 is 0 Å². The van der Waals surface area contributed by atoms with Gasteiger partial charge >= 0.3 is 0 Å². The van der Waals surface area contributed by atoms with Gasteiger partial charge in [-0.3, -0.25) is 4.79 Å². The van der Waals surface area contributed by atoms with Crippen LogP contribution in [0.4, 0.5) is 5.69 Å². The monoisotopic (exact) mass is 442 g/mol. The summed E-state index contributed by atoms with van der Waals surface area (Å²) in [6.07, 6.45) is 1.00. The lowest BCUT2D eigenvalue weighted by Gasteiger charge is -2.12. The van der Waals surface area contributed by atoms with Crippen molar-refractivity contribution in [3.63, 3.8) is 0 Å². The molecule has 1 amide bonds. The Kier molecular flexibility index (Phi) is 6.18. The highest BCUT2D eigenvalue weighted by Crippen LogP contribution is 2.29. The van der Waals surface area contributed by atoms with E-state index in [0.29, 0.717) is 12.8 Å². The summed E-state index contributed by atoms with van der Waals surface area (Å²) in [7, 11) is 1.62. The first kappa shape index (κ1) is 22.5. The number of rotatable bonds is 6. The number of hydrogen-bond donors (Lipinski definition) is 1. The highest BCUT2D eigenvalue weighted by atomic mass is 16.5. The number of pyridine rings is 1. The van der Waals surface area contributed by atoms with Gasteiger partial charge in [0.2, 0.25) is 5.91 Å². The SMILES string of the molecule is COc1ccc(NC(=O)CCc2c(C)nc3c(c(C)nn3-c3ccc(C)c(C)c3)c2C)cc1. The molecule has 0 radical (unpaired) electrons. The van der Waals surface area contributed by atoms with Gasteiger partial charge in [0.05, 0.1) is 18.5 Å². The third-order valence-corrected chi connectivity index (χ3v) is 6.28. The molecule has 0 aliphatic heterocycles. The summed E-state index contributed by atoms with van der Waals surface area (Å²) in [5.41, 5.74) is 9.22. The molecule has 0 spiro atoms. The van der Waals surface area contributed by atoms with Gasteiger partial charge in [0.1, 0.15) is 5.75 Å². The van der Waals surface area contributed by atoms with Gasteiger partial charge in [0.25, 0.3) is 0 Å². The lowest BCUT2D eigenvalue weighted by molar-refractivity contribution is -0.116. The molecule has 0 saturated heterocycles. The normalized spacial score (nSPS) is 11.1. The van der Waals surface area contributed by atoms with Gasteiger partial charge < -0.3 is 10.1 Å². The number of carbonyl (C=O) groups is 1. The van der Waals surface area contributed by atoms with Crippen molar-refractivity contribution in [3.8, 4) is 11.4 Å². The molecule has 0 aliphatic rings. The second kappa shape index (κ2) is 9.06.